The van der Waals surface area contributed by atoms with Crippen molar-refractivity contribution in [1.82, 2.24) is 5.32 Å². The van der Waals surface area contributed by atoms with Gasteiger partial charge in [-0.25, -0.2) is 8.42 Å². The number of carbonyl (C=O) groups is 2. The number of sulfone groups is 1. The molecule has 1 fully saturated rings. The van der Waals surface area contributed by atoms with Gasteiger partial charge in [-0.05, 0) is 19.1 Å². The third kappa shape index (κ3) is 3.66. The molecule has 24 heavy (non-hydrogen) atoms. The van der Waals surface area contributed by atoms with Crippen molar-refractivity contribution in [2.24, 2.45) is 5.92 Å². The monoisotopic (exact) mass is 356 g/mol. The molecule has 2 unspecified atom stereocenters. The molecule has 0 amide bonds. The minimum atomic E-state index is -3.67. The van der Waals surface area contributed by atoms with Gasteiger partial charge in [-0.1, -0.05) is 0 Å². The fraction of sp³-hybridized carbons (Fsp3) is 0.429. The van der Waals surface area contributed by atoms with Gasteiger partial charge in [0, 0.05) is 18.9 Å². The van der Waals surface area contributed by atoms with E-state index >= 15 is 0 Å². The van der Waals surface area contributed by atoms with Gasteiger partial charge in [0.15, 0.2) is 15.6 Å². The highest BCUT2D eigenvalue weighted by Gasteiger charge is 2.38. The van der Waals surface area contributed by atoms with Crippen LogP contribution in [0.3, 0.4) is 0 Å². The second-order valence-electron chi connectivity index (χ2n) is 5.41. The summed E-state index contributed by atoms with van der Waals surface area (Å²) in [5, 5.41) is 14.1. The van der Waals surface area contributed by atoms with E-state index in [0.717, 1.165) is 24.5 Å². The number of hydrogen-bond acceptors (Lipinski definition) is 8. The largest absolute Gasteiger partial charge is 0.361 e. The molecule has 1 aromatic rings. The van der Waals surface area contributed by atoms with Crippen LogP contribution in [-0.4, -0.2) is 50.5 Å². The molecule has 2 atom stereocenters. The quantitative estimate of drug-likeness (QED) is 0.334. The average molecular weight is 356 g/mol. The number of nitrogens with one attached hydrogen (secondary N) is 1. The summed E-state index contributed by atoms with van der Waals surface area (Å²) in [5.74, 6) is -2.52. The standard InChI is InChI=1S/C14H16N2O7S/c1-8(17)12(14-15-5-6-23-14)13(18)10-4-3-9(24(2,21)22)7-11(10)16(19)20/h3-4,7,12,14-15H,5-6H2,1-2H3. The van der Waals surface area contributed by atoms with Gasteiger partial charge in [-0.2, -0.15) is 0 Å². The van der Waals surface area contributed by atoms with Crippen molar-refractivity contribution in [3.05, 3.63) is 33.9 Å². The molecule has 0 radical (unpaired) electrons. The molecular weight excluding hydrogens is 340 g/mol. The molecule has 1 heterocycles. The SMILES string of the molecule is CC(=O)C(C(=O)c1ccc(S(C)(=O)=O)cc1[N+](=O)[O-])C1NCCO1. The van der Waals surface area contributed by atoms with Crippen molar-refractivity contribution in [2.45, 2.75) is 18.0 Å². The van der Waals surface area contributed by atoms with Crippen molar-refractivity contribution in [3.63, 3.8) is 0 Å². The lowest BCUT2D eigenvalue weighted by Gasteiger charge is -2.19. The maximum absolute atomic E-state index is 12.7. The Labute approximate surface area is 138 Å². The Morgan fingerprint density at radius 1 is 1.42 bits per heavy atom. The van der Waals surface area contributed by atoms with E-state index < -0.39 is 44.2 Å². The number of nitro groups is 1. The highest BCUT2D eigenvalue weighted by molar-refractivity contribution is 7.90. The number of ether oxygens (including phenoxy) is 1. The van der Waals surface area contributed by atoms with Crippen molar-refractivity contribution >= 4 is 27.1 Å². The van der Waals surface area contributed by atoms with Crippen LogP contribution >= 0.6 is 0 Å². The molecule has 2 rings (SSSR count). The highest BCUT2D eigenvalue weighted by Crippen LogP contribution is 2.27. The average Bonchev–Trinajstić information content (AvgIpc) is 2.99. The lowest BCUT2D eigenvalue weighted by molar-refractivity contribution is -0.385. The fourth-order valence-corrected chi connectivity index (χ4v) is 3.11. The van der Waals surface area contributed by atoms with Gasteiger partial charge in [-0.3, -0.25) is 25.0 Å². The zero-order chi connectivity index (χ0) is 18.1. The molecular formula is C14H16N2O7S. The number of nitrogens with zero attached hydrogens (tertiary/aromatic N) is 1. The van der Waals surface area contributed by atoms with E-state index in [1.165, 1.54) is 6.92 Å². The second kappa shape index (κ2) is 6.75. The summed E-state index contributed by atoms with van der Waals surface area (Å²) in [6, 6.07) is 2.99. The van der Waals surface area contributed by atoms with Crippen LogP contribution in [0.15, 0.2) is 23.1 Å². The molecule has 1 aliphatic rings. The number of nitro benzene ring substituents is 1. The van der Waals surface area contributed by atoms with Crippen LogP contribution in [0.2, 0.25) is 0 Å². The first-order valence-corrected chi connectivity index (χ1v) is 8.90. The number of rotatable bonds is 6. The van der Waals surface area contributed by atoms with Gasteiger partial charge < -0.3 is 4.74 Å². The number of ketones is 2. The predicted octanol–water partition coefficient (Wildman–Crippen LogP) is 0.332. The molecule has 1 aliphatic heterocycles. The number of benzene rings is 1. The Morgan fingerprint density at radius 2 is 2.08 bits per heavy atom. The Balaban J connectivity index is 2.51. The summed E-state index contributed by atoms with van der Waals surface area (Å²) in [4.78, 5) is 34.6. The first-order valence-electron chi connectivity index (χ1n) is 7.01. The Kier molecular flexibility index (Phi) is 5.11. The van der Waals surface area contributed by atoms with Crippen molar-refractivity contribution in [2.75, 3.05) is 19.4 Å². The molecule has 9 nitrogen and oxygen atoms in total. The second-order valence-corrected chi connectivity index (χ2v) is 7.42. The Bertz CT molecular complexity index is 797. The molecule has 0 aromatic heterocycles. The summed E-state index contributed by atoms with van der Waals surface area (Å²) in [6.07, 6.45) is 0.0477. The van der Waals surface area contributed by atoms with Gasteiger partial charge in [0.05, 0.1) is 22.0 Å². The van der Waals surface area contributed by atoms with Crippen molar-refractivity contribution in [3.8, 4) is 0 Å². The molecule has 0 spiro atoms. The highest BCUT2D eigenvalue weighted by atomic mass is 32.2. The van der Waals surface area contributed by atoms with Crippen molar-refractivity contribution in [1.29, 1.82) is 0 Å². The normalized spacial score (nSPS) is 19.0. The first-order chi connectivity index (χ1) is 11.1. The van der Waals surface area contributed by atoms with Crippen LogP contribution in [-0.2, 0) is 19.4 Å². The van der Waals surface area contributed by atoms with E-state index in [0.29, 0.717) is 13.2 Å². The van der Waals surface area contributed by atoms with Crippen LogP contribution in [0.4, 0.5) is 5.69 Å². The van der Waals surface area contributed by atoms with Crippen molar-refractivity contribution < 1.29 is 27.7 Å². The van der Waals surface area contributed by atoms with Crippen LogP contribution in [0.25, 0.3) is 0 Å². The lowest BCUT2D eigenvalue weighted by atomic mass is 9.92. The molecule has 0 aliphatic carbocycles. The van der Waals surface area contributed by atoms with Gasteiger partial charge in [0.25, 0.3) is 5.69 Å². The van der Waals surface area contributed by atoms with E-state index in [4.69, 9.17) is 4.74 Å². The molecule has 1 saturated heterocycles. The van der Waals surface area contributed by atoms with Crippen LogP contribution in [0, 0.1) is 16.0 Å². The maximum atomic E-state index is 12.7. The van der Waals surface area contributed by atoms with E-state index in [2.05, 4.69) is 5.32 Å². The number of carbonyl (C=O) groups excluding carboxylic acids is 2. The molecule has 0 saturated carbocycles. The minimum absolute atomic E-state index is 0.277. The molecule has 0 bridgehead atoms. The fourth-order valence-electron chi connectivity index (χ4n) is 2.46. The zero-order valence-electron chi connectivity index (χ0n) is 13.0. The lowest BCUT2D eigenvalue weighted by Crippen LogP contribution is -2.41. The number of Topliss-reactive ketones (excluding diaryl/α,β-unsaturated/α-hetero) is 2. The van der Waals surface area contributed by atoms with Gasteiger partial charge in [0.2, 0.25) is 0 Å². The van der Waals surface area contributed by atoms with Crippen LogP contribution in [0.5, 0.6) is 0 Å². The predicted molar refractivity (Wildman–Crippen MR) is 82.5 cm³/mol. The zero-order valence-corrected chi connectivity index (χ0v) is 13.8. The van der Waals surface area contributed by atoms with Gasteiger partial charge in [0.1, 0.15) is 17.9 Å². The maximum Gasteiger partial charge on any atom is 0.281 e. The molecule has 10 heteroatoms. The van der Waals surface area contributed by atoms with E-state index in [1.54, 1.807) is 0 Å². The summed E-state index contributed by atoms with van der Waals surface area (Å²) in [7, 11) is -3.67. The summed E-state index contributed by atoms with van der Waals surface area (Å²) < 4.78 is 28.4. The van der Waals surface area contributed by atoms with E-state index in [1.807, 2.05) is 0 Å². The van der Waals surface area contributed by atoms with E-state index in [9.17, 15) is 28.1 Å². The van der Waals surface area contributed by atoms with Gasteiger partial charge in [-0.15, -0.1) is 0 Å². The first kappa shape index (κ1) is 18.2. The van der Waals surface area contributed by atoms with E-state index in [-0.39, 0.29) is 10.5 Å². The van der Waals surface area contributed by atoms with Crippen LogP contribution in [0.1, 0.15) is 17.3 Å². The Morgan fingerprint density at radius 3 is 2.54 bits per heavy atom. The van der Waals surface area contributed by atoms with Gasteiger partial charge >= 0.3 is 0 Å². The third-order valence-electron chi connectivity index (χ3n) is 3.63. The summed E-state index contributed by atoms with van der Waals surface area (Å²) >= 11 is 0. The third-order valence-corrected chi connectivity index (χ3v) is 4.74. The topological polar surface area (TPSA) is 133 Å². The molecule has 1 aromatic carbocycles. The minimum Gasteiger partial charge on any atom is -0.361 e. The smallest absolute Gasteiger partial charge is 0.281 e. The molecule has 130 valence electrons. The Hall–Kier alpha value is -2.17. The summed E-state index contributed by atoms with van der Waals surface area (Å²) in [5.41, 5.74) is -0.989. The number of hydrogen-bond donors (Lipinski definition) is 1. The summed E-state index contributed by atoms with van der Waals surface area (Å²) in [6.45, 7) is 1.97. The molecule has 1 N–H and O–H groups in total. The van der Waals surface area contributed by atoms with Crippen LogP contribution < -0.4 is 5.32 Å².